The molecule has 3 aromatic rings. The fraction of sp³-hybridized carbons (Fsp3) is 0.250. The molecule has 20 heavy (non-hydrogen) atoms. The van der Waals surface area contributed by atoms with Gasteiger partial charge in [-0.15, -0.1) is 0 Å². The Kier molecular flexibility index (Phi) is 3.48. The summed E-state index contributed by atoms with van der Waals surface area (Å²) in [7, 11) is 0. The molecule has 0 aliphatic carbocycles. The van der Waals surface area contributed by atoms with Gasteiger partial charge in [0.15, 0.2) is 5.65 Å². The van der Waals surface area contributed by atoms with Crippen LogP contribution in [0.4, 0.5) is 0 Å². The molecular formula is C16H17N3O. The number of rotatable bonds is 4. The van der Waals surface area contributed by atoms with Crippen LogP contribution in [0.3, 0.4) is 0 Å². The predicted octanol–water partition coefficient (Wildman–Crippen LogP) is 2.32. The van der Waals surface area contributed by atoms with E-state index in [9.17, 15) is 5.11 Å². The second kappa shape index (κ2) is 5.43. The van der Waals surface area contributed by atoms with E-state index in [1.807, 2.05) is 12.1 Å². The lowest BCUT2D eigenvalue weighted by molar-refractivity contribution is 0.295. The Labute approximate surface area is 117 Å². The highest BCUT2D eigenvalue weighted by Crippen LogP contribution is 2.16. The minimum atomic E-state index is 0.0945. The number of benzene rings is 1. The maximum Gasteiger partial charge on any atom is 0.160 e. The normalized spacial score (nSPS) is 11.1. The van der Waals surface area contributed by atoms with Gasteiger partial charge in [-0.3, -0.25) is 0 Å². The van der Waals surface area contributed by atoms with E-state index in [1.54, 1.807) is 6.20 Å². The van der Waals surface area contributed by atoms with Crippen LogP contribution in [0.1, 0.15) is 17.0 Å². The topological polar surface area (TPSA) is 50.9 Å². The molecule has 0 bridgehead atoms. The summed E-state index contributed by atoms with van der Waals surface area (Å²) in [5, 5.41) is 9.20. The summed E-state index contributed by atoms with van der Waals surface area (Å²) in [6.07, 6.45) is 2.32. The number of hydrogen-bond donors (Lipinski definition) is 1. The molecule has 0 saturated carbocycles. The van der Waals surface area contributed by atoms with Crippen LogP contribution in [0.15, 0.2) is 42.6 Å². The average Bonchev–Trinajstić information content (AvgIpc) is 2.80. The van der Waals surface area contributed by atoms with E-state index in [4.69, 9.17) is 0 Å². The molecule has 2 heterocycles. The Balaban J connectivity index is 2.04. The zero-order valence-electron chi connectivity index (χ0n) is 11.5. The molecule has 4 heteroatoms. The molecule has 3 rings (SSSR count). The summed E-state index contributed by atoms with van der Waals surface area (Å²) in [6, 6.07) is 12.3. The number of nitrogens with zero attached hydrogens (tertiary/aromatic N) is 3. The molecule has 2 aromatic heterocycles. The van der Waals surface area contributed by atoms with Gasteiger partial charge in [0.1, 0.15) is 11.3 Å². The first kappa shape index (κ1) is 12.8. The Hall–Kier alpha value is -2.20. The van der Waals surface area contributed by atoms with E-state index in [-0.39, 0.29) is 6.61 Å². The van der Waals surface area contributed by atoms with Gasteiger partial charge in [0.05, 0.1) is 13.2 Å². The zero-order chi connectivity index (χ0) is 13.9. The van der Waals surface area contributed by atoms with Crippen LogP contribution in [0.2, 0.25) is 0 Å². The van der Waals surface area contributed by atoms with Crippen molar-refractivity contribution in [3.8, 4) is 0 Å². The Morgan fingerprint density at radius 3 is 2.70 bits per heavy atom. The number of hydrogen-bond acceptors (Lipinski definition) is 3. The van der Waals surface area contributed by atoms with Gasteiger partial charge in [0, 0.05) is 12.6 Å². The van der Waals surface area contributed by atoms with Crippen molar-refractivity contribution < 1.29 is 5.11 Å². The van der Waals surface area contributed by atoms with Crippen molar-refractivity contribution in [2.45, 2.75) is 19.9 Å². The van der Waals surface area contributed by atoms with E-state index in [0.29, 0.717) is 6.42 Å². The van der Waals surface area contributed by atoms with Gasteiger partial charge in [-0.1, -0.05) is 29.8 Å². The molecular weight excluding hydrogens is 250 g/mol. The molecule has 1 aromatic carbocycles. The lowest BCUT2D eigenvalue weighted by atomic mass is 10.1. The fourth-order valence-corrected chi connectivity index (χ4v) is 2.34. The van der Waals surface area contributed by atoms with E-state index >= 15 is 0 Å². The number of aromatic nitrogens is 3. The molecule has 0 aliphatic rings. The molecule has 0 unspecified atom stereocenters. The highest BCUT2D eigenvalue weighted by atomic mass is 16.3. The third kappa shape index (κ3) is 2.42. The minimum absolute atomic E-state index is 0.0945. The Bertz CT molecular complexity index is 716. The molecule has 0 fully saturated rings. The van der Waals surface area contributed by atoms with Crippen LogP contribution in [0, 0.1) is 6.92 Å². The Morgan fingerprint density at radius 1 is 1.15 bits per heavy atom. The first-order valence-corrected chi connectivity index (χ1v) is 6.74. The van der Waals surface area contributed by atoms with Gasteiger partial charge >= 0.3 is 0 Å². The van der Waals surface area contributed by atoms with Crippen LogP contribution in [0.25, 0.3) is 11.2 Å². The number of fused-ring (bicyclic) bond motifs is 1. The summed E-state index contributed by atoms with van der Waals surface area (Å²) < 4.78 is 2.08. The van der Waals surface area contributed by atoms with Crippen LogP contribution in [-0.4, -0.2) is 26.2 Å². The molecule has 0 saturated heterocycles. The van der Waals surface area contributed by atoms with Crippen molar-refractivity contribution in [3.05, 3.63) is 59.5 Å². The van der Waals surface area contributed by atoms with Crippen molar-refractivity contribution in [3.63, 3.8) is 0 Å². The van der Waals surface area contributed by atoms with Crippen molar-refractivity contribution in [1.29, 1.82) is 0 Å². The molecule has 0 amide bonds. The van der Waals surface area contributed by atoms with Crippen molar-refractivity contribution in [1.82, 2.24) is 14.5 Å². The van der Waals surface area contributed by atoms with Crippen LogP contribution in [-0.2, 0) is 13.0 Å². The minimum Gasteiger partial charge on any atom is -0.396 e. The fourth-order valence-electron chi connectivity index (χ4n) is 2.34. The highest BCUT2D eigenvalue weighted by molar-refractivity contribution is 5.71. The second-order valence-corrected chi connectivity index (χ2v) is 4.92. The molecule has 0 atom stereocenters. The number of aliphatic hydroxyl groups excluding tert-OH is 1. The summed E-state index contributed by atoms with van der Waals surface area (Å²) in [5.74, 6) is 0.877. The van der Waals surface area contributed by atoms with Crippen LogP contribution >= 0.6 is 0 Å². The highest BCUT2D eigenvalue weighted by Gasteiger charge is 2.11. The van der Waals surface area contributed by atoms with Crippen molar-refractivity contribution in [2.24, 2.45) is 0 Å². The maximum absolute atomic E-state index is 9.20. The summed E-state index contributed by atoms with van der Waals surface area (Å²) >= 11 is 0. The number of pyridine rings is 1. The number of imidazole rings is 1. The first-order chi connectivity index (χ1) is 9.78. The quantitative estimate of drug-likeness (QED) is 0.789. The van der Waals surface area contributed by atoms with E-state index in [1.165, 1.54) is 11.1 Å². The third-order valence-corrected chi connectivity index (χ3v) is 3.38. The monoisotopic (exact) mass is 267 g/mol. The predicted molar refractivity (Wildman–Crippen MR) is 78.6 cm³/mol. The first-order valence-electron chi connectivity index (χ1n) is 6.74. The summed E-state index contributed by atoms with van der Waals surface area (Å²) in [6.45, 7) is 2.90. The molecule has 0 spiro atoms. The Morgan fingerprint density at radius 2 is 1.95 bits per heavy atom. The second-order valence-electron chi connectivity index (χ2n) is 4.92. The summed E-state index contributed by atoms with van der Waals surface area (Å²) in [5.41, 5.74) is 4.21. The van der Waals surface area contributed by atoms with Crippen LogP contribution < -0.4 is 0 Å². The van der Waals surface area contributed by atoms with Gasteiger partial charge in [-0.25, -0.2) is 9.97 Å². The van der Waals surface area contributed by atoms with Gasteiger partial charge in [-0.05, 0) is 24.6 Å². The smallest absolute Gasteiger partial charge is 0.160 e. The third-order valence-electron chi connectivity index (χ3n) is 3.38. The molecule has 1 N–H and O–H groups in total. The van der Waals surface area contributed by atoms with Gasteiger partial charge in [-0.2, -0.15) is 0 Å². The molecule has 0 aliphatic heterocycles. The number of aliphatic hydroxyl groups is 1. The molecule has 4 nitrogen and oxygen atoms in total. The molecule has 0 radical (unpaired) electrons. The number of aryl methyl sites for hydroxylation is 1. The van der Waals surface area contributed by atoms with Gasteiger partial charge < -0.3 is 9.67 Å². The summed E-state index contributed by atoms with van der Waals surface area (Å²) in [4.78, 5) is 8.97. The molecule has 102 valence electrons. The van der Waals surface area contributed by atoms with Crippen molar-refractivity contribution in [2.75, 3.05) is 6.61 Å². The van der Waals surface area contributed by atoms with E-state index in [0.717, 1.165) is 23.5 Å². The van der Waals surface area contributed by atoms with Crippen LogP contribution in [0.5, 0.6) is 0 Å². The van der Waals surface area contributed by atoms with E-state index in [2.05, 4.69) is 45.7 Å². The zero-order valence-corrected chi connectivity index (χ0v) is 11.5. The van der Waals surface area contributed by atoms with Gasteiger partial charge in [0.2, 0.25) is 0 Å². The van der Waals surface area contributed by atoms with E-state index < -0.39 is 0 Å². The lowest BCUT2D eigenvalue weighted by Crippen LogP contribution is -2.07. The van der Waals surface area contributed by atoms with Gasteiger partial charge in [0.25, 0.3) is 0 Å². The standard InChI is InChI=1S/C16H17N3O/c1-12-4-6-13(7-5-12)11-19-15(8-10-20)18-14-3-2-9-17-16(14)19/h2-7,9,20H,8,10-11H2,1H3. The maximum atomic E-state index is 9.20. The largest absolute Gasteiger partial charge is 0.396 e. The lowest BCUT2D eigenvalue weighted by Gasteiger charge is -2.08. The SMILES string of the molecule is Cc1ccc(Cn2c(CCO)nc3cccnc32)cc1. The average molecular weight is 267 g/mol. The van der Waals surface area contributed by atoms with Crippen molar-refractivity contribution >= 4 is 11.2 Å².